The number of ether oxygens (including phenoxy) is 2. The number of rotatable bonds is 7. The molecule has 1 aliphatic rings. The smallest absolute Gasteiger partial charge is 0.241 e. The normalized spacial score (nSPS) is 14.4. The van der Waals surface area contributed by atoms with Crippen molar-refractivity contribution < 1.29 is 22.7 Å². The molecule has 0 aliphatic carbocycles. The second kappa shape index (κ2) is 9.59. The maximum absolute atomic E-state index is 12.2. The number of amides is 1. The molecular weight excluding hydrogens is 466 g/mol. The van der Waals surface area contributed by atoms with Crippen molar-refractivity contribution in [1.82, 2.24) is 4.90 Å². The highest BCUT2D eigenvalue weighted by Crippen LogP contribution is 2.49. The zero-order valence-corrected chi connectivity index (χ0v) is 21.0. The summed E-state index contributed by atoms with van der Waals surface area (Å²) in [5.41, 5.74) is 4.83. The van der Waals surface area contributed by atoms with Gasteiger partial charge >= 0.3 is 0 Å². The van der Waals surface area contributed by atoms with Crippen LogP contribution in [0.15, 0.2) is 60.7 Å². The van der Waals surface area contributed by atoms with E-state index in [0.717, 1.165) is 27.9 Å². The van der Waals surface area contributed by atoms with Gasteiger partial charge in [0.25, 0.3) is 0 Å². The predicted octanol–water partition coefficient (Wildman–Crippen LogP) is 3.16. The maximum Gasteiger partial charge on any atom is 0.241 e. The molecule has 9 heteroatoms. The van der Waals surface area contributed by atoms with E-state index in [1.807, 2.05) is 66.5 Å². The van der Waals surface area contributed by atoms with E-state index in [2.05, 4.69) is 0 Å². The van der Waals surface area contributed by atoms with Crippen molar-refractivity contribution in [3.8, 4) is 22.6 Å². The third kappa shape index (κ3) is 5.26. The summed E-state index contributed by atoms with van der Waals surface area (Å²) < 4.78 is 35.6. The minimum Gasteiger partial charge on any atom is -0.496 e. The van der Waals surface area contributed by atoms with Crippen LogP contribution in [0, 0.1) is 0 Å². The Bertz CT molecular complexity index is 1370. The first-order valence-electron chi connectivity index (χ1n) is 11.1. The molecule has 0 saturated heterocycles. The molecular formula is C26H29N3O5S. The molecule has 0 bridgehead atoms. The molecule has 1 unspecified atom stereocenters. The van der Waals surface area contributed by atoms with E-state index < -0.39 is 16.1 Å². The molecule has 35 heavy (non-hydrogen) atoms. The number of carbonyl (C=O) groups is 1. The summed E-state index contributed by atoms with van der Waals surface area (Å²) in [6, 6.07) is 18.9. The summed E-state index contributed by atoms with van der Waals surface area (Å²) in [5, 5.41) is 5.31. The first kappa shape index (κ1) is 24.6. The Balaban J connectivity index is 1.81. The van der Waals surface area contributed by atoms with E-state index in [9.17, 15) is 13.2 Å². The number of hydrogen-bond donors (Lipinski definition) is 1. The number of nitrogens with two attached hydrogens (primary N) is 1. The predicted molar refractivity (Wildman–Crippen MR) is 136 cm³/mol. The largest absolute Gasteiger partial charge is 0.496 e. The molecule has 1 amide bonds. The number of nitrogens with zero attached hydrogens (tertiary/aromatic N) is 2. The van der Waals surface area contributed by atoms with Gasteiger partial charge in [0.05, 0.1) is 25.0 Å². The molecule has 8 nitrogen and oxygen atoms in total. The molecule has 0 spiro atoms. The van der Waals surface area contributed by atoms with Crippen molar-refractivity contribution in [2.24, 2.45) is 5.14 Å². The molecule has 0 fully saturated rings. The van der Waals surface area contributed by atoms with Crippen LogP contribution in [0.25, 0.3) is 11.1 Å². The Kier molecular flexibility index (Phi) is 6.73. The number of benzene rings is 3. The van der Waals surface area contributed by atoms with Crippen molar-refractivity contribution in [1.29, 1.82) is 0 Å². The van der Waals surface area contributed by atoms with Crippen molar-refractivity contribution in [2.75, 3.05) is 39.7 Å². The fourth-order valence-corrected chi connectivity index (χ4v) is 4.87. The zero-order chi connectivity index (χ0) is 25.3. The fraction of sp³-hybridized carbons (Fsp3) is 0.269. The highest BCUT2D eigenvalue weighted by molar-refractivity contribution is 7.88. The van der Waals surface area contributed by atoms with E-state index in [4.69, 9.17) is 14.6 Å². The standard InChI is InChI=1S/C26H29N3O5S/c1-28(2)24(30)15-29(3)19-8-5-7-18(14-19)26-21-13-17(16-35(27,31)32)11-12-20(21)25-22(33-4)9-6-10-23(25)34-26/h5-14,26H,15-16H2,1-4H3,(H2,27,31,32). The maximum atomic E-state index is 12.2. The van der Waals surface area contributed by atoms with Crippen LogP contribution < -0.4 is 19.5 Å². The highest BCUT2D eigenvalue weighted by atomic mass is 32.2. The number of carbonyl (C=O) groups excluding carboxylic acids is 1. The molecule has 4 rings (SSSR count). The van der Waals surface area contributed by atoms with Gasteiger partial charge in [-0.2, -0.15) is 0 Å². The average Bonchev–Trinajstić information content (AvgIpc) is 2.81. The Morgan fingerprint density at radius 1 is 1.06 bits per heavy atom. The third-order valence-electron chi connectivity index (χ3n) is 5.97. The summed E-state index contributed by atoms with van der Waals surface area (Å²) in [6.07, 6.45) is -0.497. The van der Waals surface area contributed by atoms with Crippen molar-refractivity contribution in [2.45, 2.75) is 11.9 Å². The molecule has 0 saturated carbocycles. The SMILES string of the molecule is COc1cccc2c1-c1ccc(CS(N)(=O)=O)cc1C(c1cccc(N(C)CC(=O)N(C)C)c1)O2. The van der Waals surface area contributed by atoms with E-state index in [-0.39, 0.29) is 18.2 Å². The van der Waals surface area contributed by atoms with E-state index in [1.54, 1.807) is 32.2 Å². The van der Waals surface area contributed by atoms with Crippen LogP contribution in [0.5, 0.6) is 11.5 Å². The lowest BCUT2D eigenvalue weighted by Gasteiger charge is -2.31. The van der Waals surface area contributed by atoms with Gasteiger partial charge in [-0.15, -0.1) is 0 Å². The molecule has 0 aromatic heterocycles. The van der Waals surface area contributed by atoms with Gasteiger partial charge in [-0.05, 0) is 41.0 Å². The van der Waals surface area contributed by atoms with Gasteiger partial charge in [0.15, 0.2) is 0 Å². The van der Waals surface area contributed by atoms with Gasteiger partial charge in [0.1, 0.15) is 17.6 Å². The Labute approximate surface area is 205 Å². The summed E-state index contributed by atoms with van der Waals surface area (Å²) in [6.45, 7) is 0.233. The van der Waals surface area contributed by atoms with Crippen LogP contribution in [0.3, 0.4) is 0 Å². The van der Waals surface area contributed by atoms with Crippen LogP contribution in [0.4, 0.5) is 5.69 Å². The fourth-order valence-electron chi connectivity index (χ4n) is 4.22. The van der Waals surface area contributed by atoms with Crippen molar-refractivity contribution >= 4 is 21.6 Å². The minimum atomic E-state index is -3.70. The lowest BCUT2D eigenvalue weighted by atomic mass is 9.88. The summed E-state index contributed by atoms with van der Waals surface area (Å²) >= 11 is 0. The van der Waals surface area contributed by atoms with Crippen LogP contribution in [-0.2, 0) is 20.6 Å². The van der Waals surface area contributed by atoms with Gasteiger partial charge in [-0.1, -0.05) is 36.4 Å². The molecule has 1 atom stereocenters. The Morgan fingerprint density at radius 3 is 2.49 bits per heavy atom. The Hall–Kier alpha value is -3.56. The van der Waals surface area contributed by atoms with Gasteiger partial charge in [0, 0.05) is 32.4 Å². The Morgan fingerprint density at radius 2 is 1.80 bits per heavy atom. The van der Waals surface area contributed by atoms with E-state index >= 15 is 0 Å². The van der Waals surface area contributed by atoms with Crippen LogP contribution >= 0.6 is 0 Å². The molecule has 0 radical (unpaired) electrons. The average molecular weight is 496 g/mol. The molecule has 3 aromatic carbocycles. The second-order valence-electron chi connectivity index (χ2n) is 8.80. The molecule has 1 aliphatic heterocycles. The van der Waals surface area contributed by atoms with Gasteiger partial charge in [0.2, 0.25) is 15.9 Å². The van der Waals surface area contributed by atoms with Gasteiger partial charge in [-0.25, -0.2) is 13.6 Å². The second-order valence-corrected chi connectivity index (χ2v) is 10.4. The number of sulfonamides is 1. The highest BCUT2D eigenvalue weighted by Gasteiger charge is 2.30. The van der Waals surface area contributed by atoms with E-state index in [0.29, 0.717) is 17.1 Å². The topological polar surface area (TPSA) is 102 Å². The number of methoxy groups -OCH3 is 1. The number of anilines is 1. The first-order chi connectivity index (χ1) is 16.6. The number of primary sulfonamides is 1. The molecule has 184 valence electrons. The first-order valence-corrected chi connectivity index (χ1v) is 12.8. The number of hydrogen-bond acceptors (Lipinski definition) is 6. The molecule has 3 aromatic rings. The lowest BCUT2D eigenvalue weighted by molar-refractivity contribution is -0.127. The lowest BCUT2D eigenvalue weighted by Crippen LogP contribution is -2.34. The van der Waals surface area contributed by atoms with Crippen LogP contribution in [0.1, 0.15) is 22.8 Å². The van der Waals surface area contributed by atoms with Crippen LogP contribution in [-0.4, -0.2) is 54.0 Å². The van der Waals surface area contributed by atoms with Crippen molar-refractivity contribution in [3.63, 3.8) is 0 Å². The van der Waals surface area contributed by atoms with Crippen molar-refractivity contribution in [3.05, 3.63) is 77.4 Å². The molecule has 1 heterocycles. The number of likely N-dealkylation sites (N-methyl/N-ethyl adjacent to an activating group) is 2. The summed E-state index contributed by atoms with van der Waals surface area (Å²) in [7, 11) is 3.21. The number of fused-ring (bicyclic) bond motifs is 3. The quantitative estimate of drug-likeness (QED) is 0.540. The van der Waals surface area contributed by atoms with Gasteiger partial charge < -0.3 is 19.3 Å². The summed E-state index contributed by atoms with van der Waals surface area (Å²) in [5.74, 6) is 1.05. The minimum absolute atomic E-state index is 0.00850. The third-order valence-corrected chi connectivity index (χ3v) is 6.71. The zero-order valence-electron chi connectivity index (χ0n) is 20.2. The van der Waals surface area contributed by atoms with Gasteiger partial charge in [-0.3, -0.25) is 4.79 Å². The van der Waals surface area contributed by atoms with E-state index in [1.165, 1.54) is 0 Å². The monoisotopic (exact) mass is 495 g/mol. The van der Waals surface area contributed by atoms with Crippen LogP contribution in [0.2, 0.25) is 0 Å². The summed E-state index contributed by atoms with van der Waals surface area (Å²) in [4.78, 5) is 15.6. The molecule has 2 N–H and O–H groups in total.